The standard InChI is InChI=1S/C16H20ClN5O2S/c1-21-14(10-22-6-8-24-9-7-22)19-20-16(21)25-11-15(23)18-13-5-3-2-4-12(13)17/h2-5H,6-11H2,1H3,(H,18,23). The molecule has 0 unspecified atom stereocenters. The highest BCUT2D eigenvalue weighted by Gasteiger charge is 2.16. The van der Waals surface area contributed by atoms with Crippen molar-refractivity contribution in [3.8, 4) is 0 Å². The molecule has 25 heavy (non-hydrogen) atoms. The summed E-state index contributed by atoms with van der Waals surface area (Å²) in [6, 6.07) is 7.16. The number of para-hydroxylation sites is 1. The van der Waals surface area contributed by atoms with E-state index in [0.717, 1.165) is 43.8 Å². The molecule has 1 fully saturated rings. The SMILES string of the molecule is Cn1c(CN2CCOCC2)nnc1SCC(=O)Nc1ccccc1Cl. The van der Waals surface area contributed by atoms with Crippen molar-refractivity contribution >= 4 is 35.0 Å². The van der Waals surface area contributed by atoms with E-state index in [1.165, 1.54) is 11.8 Å². The second kappa shape index (κ2) is 8.66. The lowest BCUT2D eigenvalue weighted by atomic mass is 10.3. The second-order valence-corrected chi connectivity index (χ2v) is 7.01. The Kier molecular flexibility index (Phi) is 6.30. The van der Waals surface area contributed by atoms with Crippen molar-refractivity contribution in [3.05, 3.63) is 35.1 Å². The summed E-state index contributed by atoms with van der Waals surface area (Å²) >= 11 is 7.40. The average Bonchev–Trinajstić information content (AvgIpc) is 2.96. The van der Waals surface area contributed by atoms with Gasteiger partial charge in [0.2, 0.25) is 5.91 Å². The fourth-order valence-electron chi connectivity index (χ4n) is 2.45. The second-order valence-electron chi connectivity index (χ2n) is 5.66. The number of hydrogen-bond acceptors (Lipinski definition) is 6. The van der Waals surface area contributed by atoms with E-state index >= 15 is 0 Å². The fraction of sp³-hybridized carbons (Fsp3) is 0.438. The van der Waals surface area contributed by atoms with Crippen LogP contribution in [0.3, 0.4) is 0 Å². The third kappa shape index (κ3) is 4.94. The summed E-state index contributed by atoms with van der Waals surface area (Å²) in [5.74, 6) is 1.00. The zero-order valence-corrected chi connectivity index (χ0v) is 15.5. The highest BCUT2D eigenvalue weighted by molar-refractivity contribution is 7.99. The molecule has 7 nitrogen and oxygen atoms in total. The predicted octanol–water partition coefficient (Wildman–Crippen LogP) is 2.03. The van der Waals surface area contributed by atoms with Gasteiger partial charge in [-0.3, -0.25) is 9.69 Å². The maximum absolute atomic E-state index is 12.1. The van der Waals surface area contributed by atoms with Gasteiger partial charge in [-0.05, 0) is 12.1 Å². The van der Waals surface area contributed by atoms with Gasteiger partial charge in [-0.25, -0.2) is 0 Å². The van der Waals surface area contributed by atoms with Crippen molar-refractivity contribution in [1.29, 1.82) is 0 Å². The number of thioether (sulfide) groups is 1. The molecular formula is C16H20ClN5O2S. The summed E-state index contributed by atoms with van der Waals surface area (Å²) in [5.41, 5.74) is 0.612. The summed E-state index contributed by atoms with van der Waals surface area (Å²) in [4.78, 5) is 14.4. The maximum atomic E-state index is 12.1. The Balaban J connectivity index is 1.53. The summed E-state index contributed by atoms with van der Waals surface area (Å²) in [5, 5.41) is 12.5. The first kappa shape index (κ1) is 18.2. The molecular weight excluding hydrogens is 362 g/mol. The van der Waals surface area contributed by atoms with E-state index in [1.807, 2.05) is 23.7 Å². The Bertz CT molecular complexity index is 733. The molecule has 0 saturated carbocycles. The molecule has 2 aromatic rings. The molecule has 0 aliphatic carbocycles. The largest absolute Gasteiger partial charge is 0.379 e. The number of carbonyl (C=O) groups excluding carboxylic acids is 1. The topological polar surface area (TPSA) is 72.3 Å². The Labute approximate surface area is 155 Å². The van der Waals surface area contributed by atoms with Crippen molar-refractivity contribution in [3.63, 3.8) is 0 Å². The Morgan fingerprint density at radius 2 is 2.08 bits per heavy atom. The highest BCUT2D eigenvalue weighted by atomic mass is 35.5. The van der Waals surface area contributed by atoms with E-state index in [1.54, 1.807) is 12.1 Å². The smallest absolute Gasteiger partial charge is 0.234 e. The monoisotopic (exact) mass is 381 g/mol. The minimum Gasteiger partial charge on any atom is -0.379 e. The van der Waals surface area contributed by atoms with Crippen molar-refractivity contribution in [1.82, 2.24) is 19.7 Å². The van der Waals surface area contributed by atoms with Gasteiger partial charge in [0, 0.05) is 20.1 Å². The number of nitrogens with one attached hydrogen (secondary N) is 1. The van der Waals surface area contributed by atoms with E-state index in [4.69, 9.17) is 16.3 Å². The number of benzene rings is 1. The molecule has 3 rings (SSSR count). The molecule has 1 saturated heterocycles. The normalized spacial score (nSPS) is 15.3. The van der Waals surface area contributed by atoms with Gasteiger partial charge in [0.15, 0.2) is 5.16 Å². The molecule has 0 atom stereocenters. The quantitative estimate of drug-likeness (QED) is 0.772. The van der Waals surface area contributed by atoms with Crippen LogP contribution >= 0.6 is 23.4 Å². The van der Waals surface area contributed by atoms with Crippen LogP contribution in [0, 0.1) is 0 Å². The Morgan fingerprint density at radius 1 is 1.32 bits per heavy atom. The van der Waals surface area contributed by atoms with E-state index in [2.05, 4.69) is 20.4 Å². The number of amides is 1. The number of ether oxygens (including phenoxy) is 1. The van der Waals surface area contributed by atoms with Crippen molar-refractivity contribution in [2.45, 2.75) is 11.7 Å². The summed E-state index contributed by atoms with van der Waals surface area (Å²) in [6.45, 7) is 4.04. The molecule has 134 valence electrons. The first-order valence-corrected chi connectivity index (χ1v) is 9.35. The molecule has 9 heteroatoms. The van der Waals surface area contributed by atoms with Gasteiger partial charge in [0.25, 0.3) is 0 Å². The molecule has 0 bridgehead atoms. The van der Waals surface area contributed by atoms with Crippen LogP contribution in [-0.4, -0.2) is 57.6 Å². The van der Waals surface area contributed by atoms with Gasteiger partial charge in [-0.15, -0.1) is 10.2 Å². The van der Waals surface area contributed by atoms with Gasteiger partial charge in [-0.2, -0.15) is 0 Å². The first-order valence-electron chi connectivity index (χ1n) is 7.99. The lowest BCUT2D eigenvalue weighted by Gasteiger charge is -2.25. The van der Waals surface area contributed by atoms with Crippen molar-refractivity contribution in [2.24, 2.45) is 7.05 Å². The molecule has 2 heterocycles. The lowest BCUT2D eigenvalue weighted by molar-refractivity contribution is -0.113. The number of nitrogens with zero attached hydrogens (tertiary/aromatic N) is 4. The number of anilines is 1. The Morgan fingerprint density at radius 3 is 2.84 bits per heavy atom. The summed E-state index contributed by atoms with van der Waals surface area (Å²) in [7, 11) is 1.92. The summed E-state index contributed by atoms with van der Waals surface area (Å²) in [6.07, 6.45) is 0. The van der Waals surface area contributed by atoms with Crippen LogP contribution in [0.5, 0.6) is 0 Å². The maximum Gasteiger partial charge on any atom is 0.234 e. The van der Waals surface area contributed by atoms with Crippen LogP contribution in [0.15, 0.2) is 29.4 Å². The number of hydrogen-bond donors (Lipinski definition) is 1. The molecule has 1 aliphatic rings. The van der Waals surface area contributed by atoms with Crippen molar-refractivity contribution in [2.75, 3.05) is 37.4 Å². The number of aromatic nitrogens is 3. The average molecular weight is 382 g/mol. The van der Waals surface area contributed by atoms with Gasteiger partial charge in [0.1, 0.15) is 5.82 Å². The van der Waals surface area contributed by atoms with Crippen LogP contribution < -0.4 is 5.32 Å². The van der Waals surface area contributed by atoms with Gasteiger partial charge < -0.3 is 14.6 Å². The lowest BCUT2D eigenvalue weighted by Crippen LogP contribution is -2.36. The third-order valence-corrected chi connectivity index (χ3v) is 5.22. The van der Waals surface area contributed by atoms with Crippen molar-refractivity contribution < 1.29 is 9.53 Å². The van der Waals surface area contributed by atoms with Gasteiger partial charge in [-0.1, -0.05) is 35.5 Å². The van der Waals surface area contributed by atoms with Crippen LogP contribution in [0.25, 0.3) is 0 Å². The van der Waals surface area contributed by atoms with E-state index in [-0.39, 0.29) is 11.7 Å². The molecule has 1 aliphatic heterocycles. The Hall–Kier alpha value is -1.61. The number of halogens is 1. The molecule has 1 aromatic carbocycles. The zero-order valence-electron chi connectivity index (χ0n) is 13.9. The summed E-state index contributed by atoms with van der Waals surface area (Å²) < 4.78 is 7.29. The first-order chi connectivity index (χ1) is 12.1. The number of rotatable bonds is 6. The minimum atomic E-state index is -0.129. The minimum absolute atomic E-state index is 0.129. The molecule has 1 N–H and O–H groups in total. The van der Waals surface area contributed by atoms with E-state index < -0.39 is 0 Å². The van der Waals surface area contributed by atoms with Crippen LogP contribution in [0.2, 0.25) is 5.02 Å². The van der Waals surface area contributed by atoms with Gasteiger partial charge >= 0.3 is 0 Å². The highest BCUT2D eigenvalue weighted by Crippen LogP contribution is 2.22. The van der Waals surface area contributed by atoms with E-state index in [0.29, 0.717) is 10.7 Å². The molecule has 1 amide bonds. The number of morpholine rings is 1. The van der Waals surface area contributed by atoms with Gasteiger partial charge in [0.05, 0.1) is 36.2 Å². The number of carbonyl (C=O) groups is 1. The predicted molar refractivity (Wildman–Crippen MR) is 97.9 cm³/mol. The van der Waals surface area contributed by atoms with Crippen LogP contribution in [-0.2, 0) is 23.1 Å². The van der Waals surface area contributed by atoms with Crippen LogP contribution in [0.4, 0.5) is 5.69 Å². The molecule has 0 spiro atoms. The fourth-order valence-corrected chi connectivity index (χ4v) is 3.36. The van der Waals surface area contributed by atoms with Crippen LogP contribution in [0.1, 0.15) is 5.82 Å². The third-order valence-electron chi connectivity index (χ3n) is 3.87. The van der Waals surface area contributed by atoms with E-state index in [9.17, 15) is 4.79 Å². The molecule has 1 aromatic heterocycles. The zero-order chi connectivity index (χ0) is 17.6. The molecule has 0 radical (unpaired) electrons.